The molecule has 26 heavy (non-hydrogen) atoms. The molecule has 4 aromatic rings. The Balaban J connectivity index is 1.87. The zero-order valence-electron chi connectivity index (χ0n) is 14.9. The third-order valence-corrected chi connectivity index (χ3v) is 4.44. The Kier molecular flexibility index (Phi) is 4.28. The quantitative estimate of drug-likeness (QED) is 0.489. The maximum Gasteiger partial charge on any atom is 0.145 e. The van der Waals surface area contributed by atoms with Crippen LogP contribution in [0.2, 0.25) is 0 Å². The third-order valence-electron chi connectivity index (χ3n) is 4.44. The van der Waals surface area contributed by atoms with E-state index in [9.17, 15) is 0 Å². The van der Waals surface area contributed by atoms with Gasteiger partial charge in [0, 0.05) is 23.0 Å². The van der Waals surface area contributed by atoms with Crippen molar-refractivity contribution in [2.45, 2.75) is 6.92 Å². The number of ether oxygens (including phenoxy) is 1. The number of aryl methyl sites for hydroxylation is 1. The molecule has 0 fully saturated rings. The van der Waals surface area contributed by atoms with E-state index in [1.807, 2.05) is 42.5 Å². The Bertz CT molecular complexity index is 1000. The van der Waals surface area contributed by atoms with Gasteiger partial charge in [-0.3, -0.25) is 4.57 Å². The van der Waals surface area contributed by atoms with Crippen LogP contribution in [0, 0.1) is 6.92 Å². The summed E-state index contributed by atoms with van der Waals surface area (Å²) in [6.45, 7) is 2.09. The first-order valence-corrected chi connectivity index (χ1v) is 8.61. The molecule has 0 saturated carbocycles. The minimum absolute atomic E-state index is 0.838. The van der Waals surface area contributed by atoms with Gasteiger partial charge in [0.2, 0.25) is 0 Å². The summed E-state index contributed by atoms with van der Waals surface area (Å²) in [7, 11) is 1.68. The Morgan fingerprint density at radius 2 is 1.46 bits per heavy atom. The van der Waals surface area contributed by atoms with Gasteiger partial charge in [0.1, 0.15) is 11.6 Å². The summed E-state index contributed by atoms with van der Waals surface area (Å²) in [6.07, 6.45) is 2.10. The highest BCUT2D eigenvalue weighted by Gasteiger charge is 2.13. The van der Waals surface area contributed by atoms with Crippen LogP contribution in [0.4, 0.5) is 0 Å². The van der Waals surface area contributed by atoms with E-state index < -0.39 is 0 Å². The number of hydrogen-bond acceptors (Lipinski definition) is 2. The van der Waals surface area contributed by atoms with E-state index in [1.165, 1.54) is 5.56 Å². The van der Waals surface area contributed by atoms with Crippen LogP contribution >= 0.6 is 0 Å². The van der Waals surface area contributed by atoms with Gasteiger partial charge in [0.15, 0.2) is 0 Å². The number of aromatic nitrogens is 2. The Labute approximate surface area is 153 Å². The molecular weight excluding hydrogens is 320 g/mol. The summed E-state index contributed by atoms with van der Waals surface area (Å²) < 4.78 is 7.42. The molecule has 0 aliphatic carbocycles. The van der Waals surface area contributed by atoms with Crippen molar-refractivity contribution in [3.63, 3.8) is 0 Å². The molecule has 0 amide bonds. The highest BCUT2D eigenvalue weighted by molar-refractivity contribution is 5.67. The van der Waals surface area contributed by atoms with Crippen LogP contribution in [0.1, 0.15) is 5.56 Å². The molecule has 128 valence electrons. The smallest absolute Gasteiger partial charge is 0.145 e. The van der Waals surface area contributed by atoms with Crippen LogP contribution in [-0.2, 0) is 0 Å². The van der Waals surface area contributed by atoms with Crippen LogP contribution in [0.15, 0.2) is 85.1 Å². The van der Waals surface area contributed by atoms with Crippen molar-refractivity contribution >= 4 is 0 Å². The molecule has 0 aliphatic rings. The summed E-state index contributed by atoms with van der Waals surface area (Å²) >= 11 is 0. The number of rotatable bonds is 4. The molecule has 1 heterocycles. The molecular formula is C23H20N2O. The highest BCUT2D eigenvalue weighted by atomic mass is 16.5. The van der Waals surface area contributed by atoms with Gasteiger partial charge in [-0.1, -0.05) is 48.0 Å². The Morgan fingerprint density at radius 1 is 0.769 bits per heavy atom. The monoisotopic (exact) mass is 340 g/mol. The first kappa shape index (κ1) is 16.2. The van der Waals surface area contributed by atoms with Crippen molar-refractivity contribution in [3.05, 3.63) is 90.6 Å². The number of benzene rings is 3. The van der Waals surface area contributed by atoms with Gasteiger partial charge in [0.25, 0.3) is 0 Å². The lowest BCUT2D eigenvalue weighted by molar-refractivity contribution is 0.415. The number of imidazole rings is 1. The molecule has 3 aromatic carbocycles. The average molecular weight is 340 g/mol. The topological polar surface area (TPSA) is 27.1 Å². The van der Waals surface area contributed by atoms with Gasteiger partial charge in [-0.25, -0.2) is 4.98 Å². The van der Waals surface area contributed by atoms with Crippen molar-refractivity contribution in [1.82, 2.24) is 9.55 Å². The molecule has 0 N–H and O–H groups in total. The van der Waals surface area contributed by atoms with Crippen molar-refractivity contribution in [2.24, 2.45) is 0 Å². The summed E-state index contributed by atoms with van der Waals surface area (Å²) in [5.74, 6) is 1.75. The number of methoxy groups -OCH3 is 1. The predicted molar refractivity (Wildman–Crippen MR) is 106 cm³/mol. The fraction of sp³-hybridized carbons (Fsp3) is 0.0870. The minimum Gasteiger partial charge on any atom is -0.497 e. The van der Waals surface area contributed by atoms with Gasteiger partial charge >= 0.3 is 0 Å². The van der Waals surface area contributed by atoms with Crippen molar-refractivity contribution in [1.29, 1.82) is 0 Å². The summed E-state index contributed by atoms with van der Waals surface area (Å²) in [4.78, 5) is 4.93. The normalized spacial score (nSPS) is 10.7. The SMILES string of the molecule is COc1ccc(-c2nc(-c3ccccc3)cn2-c2ccc(C)cc2)cc1. The fourth-order valence-electron chi connectivity index (χ4n) is 2.97. The van der Waals surface area contributed by atoms with E-state index in [0.29, 0.717) is 0 Å². The van der Waals surface area contributed by atoms with E-state index in [-0.39, 0.29) is 0 Å². The number of hydrogen-bond donors (Lipinski definition) is 0. The van der Waals surface area contributed by atoms with Gasteiger partial charge in [-0.2, -0.15) is 0 Å². The van der Waals surface area contributed by atoms with Gasteiger partial charge < -0.3 is 4.74 Å². The second-order valence-corrected chi connectivity index (χ2v) is 6.25. The molecule has 0 aliphatic heterocycles. The van der Waals surface area contributed by atoms with Crippen molar-refractivity contribution in [2.75, 3.05) is 7.11 Å². The highest BCUT2D eigenvalue weighted by Crippen LogP contribution is 2.29. The molecule has 0 unspecified atom stereocenters. The summed E-state index contributed by atoms with van der Waals surface area (Å²) in [6, 6.07) is 26.8. The molecule has 0 bridgehead atoms. The molecule has 0 spiro atoms. The van der Waals surface area contributed by atoms with Crippen LogP contribution in [0.5, 0.6) is 5.75 Å². The molecule has 0 saturated heterocycles. The zero-order chi connectivity index (χ0) is 17.9. The number of nitrogens with zero attached hydrogens (tertiary/aromatic N) is 2. The van der Waals surface area contributed by atoms with Gasteiger partial charge in [-0.15, -0.1) is 0 Å². The molecule has 3 heteroatoms. The molecule has 0 atom stereocenters. The Hall–Kier alpha value is -3.33. The van der Waals surface area contributed by atoms with E-state index in [2.05, 4.69) is 54.1 Å². The zero-order valence-corrected chi connectivity index (χ0v) is 14.9. The van der Waals surface area contributed by atoms with E-state index >= 15 is 0 Å². The Morgan fingerprint density at radius 3 is 2.12 bits per heavy atom. The van der Waals surface area contributed by atoms with Crippen LogP contribution in [0.25, 0.3) is 28.3 Å². The molecule has 1 aromatic heterocycles. The molecule has 4 rings (SSSR count). The molecule has 0 radical (unpaired) electrons. The predicted octanol–water partition coefficient (Wildman–Crippen LogP) is 5.52. The second kappa shape index (κ2) is 6.89. The maximum atomic E-state index is 5.28. The summed E-state index contributed by atoms with van der Waals surface area (Å²) in [5, 5.41) is 0. The largest absolute Gasteiger partial charge is 0.497 e. The van der Waals surface area contributed by atoms with Crippen LogP contribution in [0.3, 0.4) is 0 Å². The van der Waals surface area contributed by atoms with E-state index in [0.717, 1.165) is 34.1 Å². The van der Waals surface area contributed by atoms with Crippen molar-refractivity contribution < 1.29 is 4.74 Å². The lowest BCUT2D eigenvalue weighted by Crippen LogP contribution is -1.96. The average Bonchev–Trinajstić information content (AvgIpc) is 3.15. The van der Waals surface area contributed by atoms with Gasteiger partial charge in [-0.05, 0) is 43.3 Å². The van der Waals surface area contributed by atoms with E-state index in [1.54, 1.807) is 7.11 Å². The second-order valence-electron chi connectivity index (χ2n) is 6.25. The first-order valence-electron chi connectivity index (χ1n) is 8.61. The summed E-state index contributed by atoms with van der Waals surface area (Å²) in [5.41, 5.74) is 5.44. The molecule has 3 nitrogen and oxygen atoms in total. The van der Waals surface area contributed by atoms with Crippen LogP contribution < -0.4 is 4.74 Å². The van der Waals surface area contributed by atoms with Crippen molar-refractivity contribution in [3.8, 4) is 34.1 Å². The first-order chi connectivity index (χ1) is 12.7. The van der Waals surface area contributed by atoms with Gasteiger partial charge in [0.05, 0.1) is 12.8 Å². The standard InChI is InChI=1S/C23H20N2O/c1-17-8-12-20(13-9-17)25-16-22(18-6-4-3-5-7-18)24-23(25)19-10-14-21(26-2)15-11-19/h3-16H,1-2H3. The minimum atomic E-state index is 0.838. The van der Waals surface area contributed by atoms with Crippen LogP contribution in [-0.4, -0.2) is 16.7 Å². The lowest BCUT2D eigenvalue weighted by Gasteiger charge is -2.09. The fourth-order valence-corrected chi connectivity index (χ4v) is 2.97. The third kappa shape index (κ3) is 3.11. The van der Waals surface area contributed by atoms with E-state index in [4.69, 9.17) is 9.72 Å². The maximum absolute atomic E-state index is 5.28. The lowest BCUT2D eigenvalue weighted by atomic mass is 10.2.